The van der Waals surface area contributed by atoms with E-state index in [1.165, 1.54) is 0 Å². The van der Waals surface area contributed by atoms with E-state index in [2.05, 4.69) is 38.0 Å². The summed E-state index contributed by atoms with van der Waals surface area (Å²) in [5.74, 6) is 0.759. The zero-order valence-corrected chi connectivity index (χ0v) is 12.2. The first-order valence-corrected chi connectivity index (χ1v) is 7.10. The third-order valence-electron chi connectivity index (χ3n) is 3.37. The summed E-state index contributed by atoms with van der Waals surface area (Å²) in [6, 6.07) is 10.1. The molecule has 0 bridgehead atoms. The highest BCUT2D eigenvalue weighted by molar-refractivity contribution is 5.78. The van der Waals surface area contributed by atoms with Crippen LogP contribution in [0.5, 0.6) is 0 Å². The van der Waals surface area contributed by atoms with Crippen LogP contribution in [0.4, 0.5) is 11.5 Å². The second kappa shape index (κ2) is 6.14. The minimum absolute atomic E-state index is 0.533. The Bertz CT molecular complexity index is 830. The molecule has 0 radical (unpaired) electrons. The monoisotopic (exact) mass is 292 g/mol. The number of fused-ring (bicyclic) bond motifs is 1. The molecule has 0 amide bonds. The van der Waals surface area contributed by atoms with Crippen molar-refractivity contribution in [2.75, 3.05) is 17.2 Å². The second-order valence-electron chi connectivity index (χ2n) is 4.90. The summed E-state index contributed by atoms with van der Waals surface area (Å²) in [5, 5.41) is 23.7. The third-order valence-corrected chi connectivity index (χ3v) is 3.37. The van der Waals surface area contributed by atoms with Gasteiger partial charge < -0.3 is 10.6 Å². The average Bonchev–Trinajstić information content (AvgIpc) is 3.01. The Morgan fingerprint density at radius 3 is 2.95 bits per heavy atom. The largest absolute Gasteiger partial charge is 0.380 e. The topological polar surface area (TPSA) is 89.4 Å². The Morgan fingerprint density at radius 1 is 1.23 bits per heavy atom. The Hall–Kier alpha value is -3.07. The number of hydrogen-bond acceptors (Lipinski definition) is 5. The van der Waals surface area contributed by atoms with E-state index in [9.17, 15) is 5.26 Å². The molecule has 0 atom stereocenters. The highest BCUT2D eigenvalue weighted by atomic mass is 15.1. The van der Waals surface area contributed by atoms with Crippen molar-refractivity contribution in [2.45, 2.75) is 13.5 Å². The first-order valence-electron chi connectivity index (χ1n) is 7.10. The number of aromatic amines is 1. The second-order valence-corrected chi connectivity index (χ2v) is 4.90. The van der Waals surface area contributed by atoms with Gasteiger partial charge in [0.25, 0.3) is 0 Å². The molecule has 2 heterocycles. The number of pyridine rings is 1. The molecular formula is C16H16N6. The van der Waals surface area contributed by atoms with Crippen LogP contribution >= 0.6 is 0 Å². The van der Waals surface area contributed by atoms with Crippen LogP contribution in [0.2, 0.25) is 0 Å². The van der Waals surface area contributed by atoms with E-state index in [-0.39, 0.29) is 0 Å². The third kappa shape index (κ3) is 2.83. The molecule has 0 aliphatic heterocycles. The SMILES string of the molecule is CCNc1cc(NCc2ccc3[nH]ncc3c2)c(C#N)cn1. The summed E-state index contributed by atoms with van der Waals surface area (Å²) in [4.78, 5) is 4.20. The number of H-pyrrole nitrogens is 1. The molecule has 3 aromatic rings. The van der Waals surface area contributed by atoms with Gasteiger partial charge in [0.2, 0.25) is 0 Å². The Balaban J connectivity index is 1.79. The zero-order chi connectivity index (χ0) is 15.4. The zero-order valence-electron chi connectivity index (χ0n) is 12.2. The number of hydrogen-bond donors (Lipinski definition) is 3. The van der Waals surface area contributed by atoms with Gasteiger partial charge in [-0.2, -0.15) is 10.4 Å². The maximum atomic E-state index is 9.19. The summed E-state index contributed by atoms with van der Waals surface area (Å²) < 4.78 is 0. The van der Waals surface area contributed by atoms with E-state index < -0.39 is 0 Å². The van der Waals surface area contributed by atoms with Gasteiger partial charge in [-0.25, -0.2) is 4.98 Å². The maximum absolute atomic E-state index is 9.19. The standard InChI is InChI=1S/C16H16N6/c1-2-18-16-6-15(13(7-17)9-20-16)19-8-11-3-4-14-12(5-11)10-21-22-14/h3-6,9-10H,2,8H2,1H3,(H,21,22)(H2,18,19,20). The smallest absolute Gasteiger partial charge is 0.128 e. The number of nitrogens with zero attached hydrogens (tertiary/aromatic N) is 3. The summed E-state index contributed by atoms with van der Waals surface area (Å²) in [7, 11) is 0. The van der Waals surface area contributed by atoms with Crippen molar-refractivity contribution in [3.63, 3.8) is 0 Å². The molecule has 0 aliphatic carbocycles. The molecule has 110 valence electrons. The Labute approximate surface area is 128 Å². The number of anilines is 2. The minimum atomic E-state index is 0.533. The molecule has 0 spiro atoms. The Kier molecular flexibility index (Phi) is 3.88. The molecule has 22 heavy (non-hydrogen) atoms. The van der Waals surface area contributed by atoms with Crippen LogP contribution in [0, 0.1) is 11.3 Å². The number of nitrogens with one attached hydrogen (secondary N) is 3. The number of nitriles is 1. The molecule has 0 saturated carbocycles. The minimum Gasteiger partial charge on any atom is -0.380 e. The Morgan fingerprint density at radius 2 is 2.14 bits per heavy atom. The maximum Gasteiger partial charge on any atom is 0.128 e. The molecule has 1 aromatic carbocycles. The van der Waals surface area contributed by atoms with Gasteiger partial charge >= 0.3 is 0 Å². The van der Waals surface area contributed by atoms with E-state index in [4.69, 9.17) is 0 Å². The molecule has 6 heteroatoms. The van der Waals surface area contributed by atoms with Gasteiger partial charge in [0.15, 0.2) is 0 Å². The molecule has 0 fully saturated rings. The normalized spacial score (nSPS) is 10.4. The van der Waals surface area contributed by atoms with Gasteiger partial charge in [-0.05, 0) is 24.6 Å². The predicted octanol–water partition coefficient (Wildman–Crippen LogP) is 2.87. The molecule has 6 nitrogen and oxygen atoms in total. The number of aromatic nitrogens is 3. The van der Waals surface area contributed by atoms with E-state index in [1.54, 1.807) is 12.4 Å². The highest BCUT2D eigenvalue weighted by Crippen LogP contribution is 2.20. The molecule has 0 aliphatic rings. The van der Waals surface area contributed by atoms with E-state index >= 15 is 0 Å². The van der Waals surface area contributed by atoms with E-state index in [0.717, 1.165) is 34.5 Å². The van der Waals surface area contributed by atoms with Crippen LogP contribution in [0.25, 0.3) is 10.9 Å². The summed E-state index contributed by atoms with van der Waals surface area (Å²) in [6.07, 6.45) is 3.38. The van der Waals surface area contributed by atoms with Gasteiger partial charge in [0, 0.05) is 30.7 Å². The van der Waals surface area contributed by atoms with E-state index in [1.807, 2.05) is 25.1 Å². The fourth-order valence-electron chi connectivity index (χ4n) is 2.27. The average molecular weight is 292 g/mol. The first kappa shape index (κ1) is 13.9. The van der Waals surface area contributed by atoms with Gasteiger partial charge in [-0.3, -0.25) is 5.10 Å². The van der Waals surface area contributed by atoms with Gasteiger partial charge in [-0.15, -0.1) is 0 Å². The highest BCUT2D eigenvalue weighted by Gasteiger charge is 2.05. The van der Waals surface area contributed by atoms with Gasteiger partial charge in [-0.1, -0.05) is 6.07 Å². The lowest BCUT2D eigenvalue weighted by atomic mass is 10.1. The van der Waals surface area contributed by atoms with Crippen LogP contribution in [0.1, 0.15) is 18.1 Å². The quantitative estimate of drug-likeness (QED) is 0.673. The van der Waals surface area contributed by atoms with E-state index in [0.29, 0.717) is 12.1 Å². The van der Waals surface area contributed by atoms with Crippen molar-refractivity contribution in [2.24, 2.45) is 0 Å². The summed E-state index contributed by atoms with van der Waals surface area (Å²) in [6.45, 7) is 3.42. The van der Waals surface area contributed by atoms with Crippen molar-refractivity contribution in [1.82, 2.24) is 15.2 Å². The lowest BCUT2D eigenvalue weighted by Gasteiger charge is -2.10. The molecule has 0 unspecified atom stereocenters. The fraction of sp³-hybridized carbons (Fsp3) is 0.188. The van der Waals surface area contributed by atoms with Crippen molar-refractivity contribution in [3.05, 3.63) is 47.8 Å². The molecule has 2 aromatic heterocycles. The summed E-state index contributed by atoms with van der Waals surface area (Å²) >= 11 is 0. The van der Waals surface area contributed by atoms with Crippen LogP contribution in [-0.4, -0.2) is 21.7 Å². The number of rotatable bonds is 5. The summed E-state index contributed by atoms with van der Waals surface area (Å²) in [5.41, 5.74) is 3.45. The molecular weight excluding hydrogens is 276 g/mol. The molecule has 3 N–H and O–H groups in total. The number of benzene rings is 1. The van der Waals surface area contributed by atoms with Gasteiger partial charge in [0.05, 0.1) is 23.0 Å². The lowest BCUT2D eigenvalue weighted by molar-refractivity contribution is 1.12. The van der Waals surface area contributed by atoms with Crippen LogP contribution in [0.3, 0.4) is 0 Å². The fourth-order valence-corrected chi connectivity index (χ4v) is 2.27. The van der Waals surface area contributed by atoms with Crippen LogP contribution in [-0.2, 0) is 6.54 Å². The van der Waals surface area contributed by atoms with Crippen molar-refractivity contribution < 1.29 is 0 Å². The van der Waals surface area contributed by atoms with Crippen molar-refractivity contribution in [1.29, 1.82) is 5.26 Å². The first-order chi connectivity index (χ1) is 10.8. The van der Waals surface area contributed by atoms with Crippen molar-refractivity contribution >= 4 is 22.4 Å². The molecule has 0 saturated heterocycles. The van der Waals surface area contributed by atoms with Crippen LogP contribution < -0.4 is 10.6 Å². The van der Waals surface area contributed by atoms with Gasteiger partial charge in [0.1, 0.15) is 11.9 Å². The molecule has 3 rings (SSSR count). The van der Waals surface area contributed by atoms with Crippen LogP contribution in [0.15, 0.2) is 36.7 Å². The lowest BCUT2D eigenvalue weighted by Crippen LogP contribution is -2.05. The van der Waals surface area contributed by atoms with Crippen molar-refractivity contribution in [3.8, 4) is 6.07 Å². The predicted molar refractivity (Wildman–Crippen MR) is 86.5 cm³/mol.